The summed E-state index contributed by atoms with van der Waals surface area (Å²) in [6, 6.07) is 8.20. The molecule has 0 unspecified atom stereocenters. The van der Waals surface area contributed by atoms with Crippen LogP contribution in [0.15, 0.2) is 24.3 Å². The standard InChI is InChI=1S/C8H9Cl/c1-7-3-2-4-8(5-7)6-9/h2-5H,6H2,1H3. The highest BCUT2D eigenvalue weighted by atomic mass is 35.5. The Kier molecular flexibility index (Phi) is 2.12. The van der Waals surface area contributed by atoms with Gasteiger partial charge in [0.05, 0.1) is 0 Å². The maximum Gasteiger partial charge on any atom is 0.0474 e. The Morgan fingerprint density at radius 1 is 1.44 bits per heavy atom. The van der Waals surface area contributed by atoms with Gasteiger partial charge in [0.25, 0.3) is 0 Å². The zero-order chi connectivity index (χ0) is 6.69. The maximum atomic E-state index is 5.60. The van der Waals surface area contributed by atoms with Crippen LogP contribution in [0.3, 0.4) is 0 Å². The SMILES string of the molecule is Cc1cccc(CCl)c1. The molecule has 0 saturated carbocycles. The molecule has 1 rings (SSSR count). The van der Waals surface area contributed by atoms with Gasteiger partial charge in [-0.05, 0) is 12.5 Å². The molecule has 0 aliphatic heterocycles. The molecule has 0 saturated heterocycles. The van der Waals surface area contributed by atoms with Gasteiger partial charge in [-0.3, -0.25) is 0 Å². The van der Waals surface area contributed by atoms with Gasteiger partial charge in [-0.15, -0.1) is 11.6 Å². The Labute approximate surface area is 60.5 Å². The second-order valence-corrected chi connectivity index (χ2v) is 2.39. The lowest BCUT2D eigenvalue weighted by Crippen LogP contribution is -1.76. The van der Waals surface area contributed by atoms with Gasteiger partial charge in [0.2, 0.25) is 0 Å². The summed E-state index contributed by atoms with van der Waals surface area (Å²) in [4.78, 5) is 0. The molecular formula is C8H9Cl. The fraction of sp³-hybridized carbons (Fsp3) is 0.250. The number of halogens is 1. The van der Waals surface area contributed by atoms with Crippen molar-refractivity contribution in [2.45, 2.75) is 12.8 Å². The first kappa shape index (κ1) is 6.63. The van der Waals surface area contributed by atoms with Crippen LogP contribution in [0.5, 0.6) is 0 Å². The molecule has 0 bridgehead atoms. The van der Waals surface area contributed by atoms with Crippen molar-refractivity contribution >= 4 is 11.6 Å². The molecule has 0 fully saturated rings. The molecule has 1 heteroatoms. The van der Waals surface area contributed by atoms with Crippen LogP contribution in [0.25, 0.3) is 0 Å². The first-order valence-corrected chi connectivity index (χ1v) is 3.48. The second kappa shape index (κ2) is 2.88. The summed E-state index contributed by atoms with van der Waals surface area (Å²) in [7, 11) is 0. The van der Waals surface area contributed by atoms with Gasteiger partial charge in [0, 0.05) is 5.88 Å². The van der Waals surface area contributed by atoms with E-state index in [1.54, 1.807) is 0 Å². The molecule has 0 spiro atoms. The van der Waals surface area contributed by atoms with Crippen molar-refractivity contribution in [1.82, 2.24) is 0 Å². The summed E-state index contributed by atoms with van der Waals surface area (Å²) in [6.45, 7) is 2.07. The van der Waals surface area contributed by atoms with Gasteiger partial charge in [-0.1, -0.05) is 29.8 Å². The molecule has 9 heavy (non-hydrogen) atoms. The van der Waals surface area contributed by atoms with E-state index in [9.17, 15) is 0 Å². The maximum absolute atomic E-state index is 5.60. The third-order valence-corrected chi connectivity index (χ3v) is 1.55. The monoisotopic (exact) mass is 140 g/mol. The average molecular weight is 141 g/mol. The van der Waals surface area contributed by atoms with E-state index in [0.29, 0.717) is 5.88 Å². The topological polar surface area (TPSA) is 0 Å². The molecule has 0 heterocycles. The number of alkyl halides is 1. The third-order valence-electron chi connectivity index (χ3n) is 1.24. The van der Waals surface area contributed by atoms with E-state index in [1.165, 1.54) is 11.1 Å². The molecule has 1 aromatic carbocycles. The Balaban J connectivity index is 2.94. The highest BCUT2D eigenvalue weighted by Crippen LogP contribution is 2.05. The van der Waals surface area contributed by atoms with Crippen molar-refractivity contribution in [3.05, 3.63) is 35.4 Å². The van der Waals surface area contributed by atoms with Crippen molar-refractivity contribution in [3.8, 4) is 0 Å². The van der Waals surface area contributed by atoms with Gasteiger partial charge < -0.3 is 0 Å². The van der Waals surface area contributed by atoms with E-state index < -0.39 is 0 Å². The quantitative estimate of drug-likeness (QED) is 0.527. The summed E-state index contributed by atoms with van der Waals surface area (Å²) in [5.74, 6) is 0.613. The summed E-state index contributed by atoms with van der Waals surface area (Å²) in [5, 5.41) is 0. The lowest BCUT2D eigenvalue weighted by Gasteiger charge is -1.94. The first-order chi connectivity index (χ1) is 4.33. The van der Waals surface area contributed by atoms with Gasteiger partial charge >= 0.3 is 0 Å². The van der Waals surface area contributed by atoms with Gasteiger partial charge in [-0.25, -0.2) is 0 Å². The lowest BCUT2D eigenvalue weighted by atomic mass is 10.2. The fourth-order valence-corrected chi connectivity index (χ4v) is 0.962. The largest absolute Gasteiger partial charge is 0.122 e. The zero-order valence-corrected chi connectivity index (χ0v) is 6.15. The Morgan fingerprint density at radius 2 is 2.22 bits per heavy atom. The van der Waals surface area contributed by atoms with Crippen molar-refractivity contribution in [2.75, 3.05) is 0 Å². The predicted molar refractivity (Wildman–Crippen MR) is 40.7 cm³/mol. The molecule has 0 radical (unpaired) electrons. The number of hydrogen-bond donors (Lipinski definition) is 0. The Bertz CT molecular complexity index is 194. The number of aryl methyl sites for hydroxylation is 1. The number of rotatable bonds is 1. The molecule has 0 nitrogen and oxygen atoms in total. The van der Waals surface area contributed by atoms with Crippen LogP contribution in [0.2, 0.25) is 0 Å². The van der Waals surface area contributed by atoms with Crippen LogP contribution in [0.1, 0.15) is 11.1 Å². The molecule has 0 aliphatic carbocycles. The zero-order valence-electron chi connectivity index (χ0n) is 5.39. The first-order valence-electron chi connectivity index (χ1n) is 2.94. The van der Waals surface area contributed by atoms with Crippen molar-refractivity contribution in [2.24, 2.45) is 0 Å². The molecular weight excluding hydrogens is 132 g/mol. The van der Waals surface area contributed by atoms with Crippen molar-refractivity contribution in [1.29, 1.82) is 0 Å². The van der Waals surface area contributed by atoms with Crippen LogP contribution in [-0.2, 0) is 5.88 Å². The molecule has 1 aromatic rings. The number of benzene rings is 1. The minimum atomic E-state index is 0.613. The Morgan fingerprint density at radius 3 is 2.67 bits per heavy atom. The highest BCUT2D eigenvalue weighted by molar-refractivity contribution is 6.17. The summed E-state index contributed by atoms with van der Waals surface area (Å²) in [6.07, 6.45) is 0. The van der Waals surface area contributed by atoms with Gasteiger partial charge in [0.15, 0.2) is 0 Å². The Hall–Kier alpha value is -0.490. The van der Waals surface area contributed by atoms with Crippen LogP contribution in [0.4, 0.5) is 0 Å². The second-order valence-electron chi connectivity index (χ2n) is 2.12. The molecule has 0 atom stereocenters. The predicted octanol–water partition coefficient (Wildman–Crippen LogP) is 2.73. The number of hydrogen-bond acceptors (Lipinski definition) is 0. The summed E-state index contributed by atoms with van der Waals surface area (Å²) >= 11 is 5.60. The van der Waals surface area contributed by atoms with E-state index in [-0.39, 0.29) is 0 Å². The molecule has 0 amide bonds. The molecule has 0 aliphatic rings. The van der Waals surface area contributed by atoms with E-state index in [0.717, 1.165) is 0 Å². The average Bonchev–Trinajstić information content (AvgIpc) is 1.88. The van der Waals surface area contributed by atoms with Crippen LogP contribution in [0, 0.1) is 6.92 Å². The van der Waals surface area contributed by atoms with Gasteiger partial charge in [-0.2, -0.15) is 0 Å². The molecule has 48 valence electrons. The van der Waals surface area contributed by atoms with Crippen molar-refractivity contribution < 1.29 is 0 Å². The van der Waals surface area contributed by atoms with Crippen LogP contribution in [-0.4, -0.2) is 0 Å². The highest BCUT2D eigenvalue weighted by Gasteiger charge is 1.87. The van der Waals surface area contributed by atoms with E-state index >= 15 is 0 Å². The van der Waals surface area contributed by atoms with Gasteiger partial charge in [0.1, 0.15) is 0 Å². The van der Waals surface area contributed by atoms with Crippen LogP contribution < -0.4 is 0 Å². The normalized spacial score (nSPS) is 9.56. The van der Waals surface area contributed by atoms with E-state index in [4.69, 9.17) is 11.6 Å². The van der Waals surface area contributed by atoms with E-state index in [1.807, 2.05) is 12.1 Å². The minimum Gasteiger partial charge on any atom is -0.122 e. The smallest absolute Gasteiger partial charge is 0.0474 e. The molecule has 0 aromatic heterocycles. The summed E-state index contributed by atoms with van der Waals surface area (Å²) < 4.78 is 0. The van der Waals surface area contributed by atoms with E-state index in [2.05, 4.69) is 19.1 Å². The lowest BCUT2D eigenvalue weighted by molar-refractivity contribution is 1.35. The molecule has 0 N–H and O–H groups in total. The summed E-state index contributed by atoms with van der Waals surface area (Å²) in [5.41, 5.74) is 2.46. The minimum absolute atomic E-state index is 0.613. The fourth-order valence-electron chi connectivity index (χ4n) is 0.795. The van der Waals surface area contributed by atoms with Crippen molar-refractivity contribution in [3.63, 3.8) is 0 Å². The van der Waals surface area contributed by atoms with Crippen LogP contribution >= 0.6 is 11.6 Å². The third kappa shape index (κ3) is 1.72.